The number of rotatable bonds is 2. The molecule has 0 unspecified atom stereocenters. The number of esters is 1. The second kappa shape index (κ2) is 2.43. The van der Waals surface area contributed by atoms with Gasteiger partial charge in [-0.05, 0) is 13.3 Å². The predicted octanol–water partition coefficient (Wildman–Crippen LogP) is 1.45. The molecule has 4 heteroatoms. The molecule has 0 bridgehead atoms. The molecule has 1 aliphatic carbocycles. The van der Waals surface area contributed by atoms with Gasteiger partial charge in [-0.25, -0.2) is 8.78 Å². The van der Waals surface area contributed by atoms with Gasteiger partial charge in [-0.2, -0.15) is 0 Å². The first-order chi connectivity index (χ1) is 5.02. The van der Waals surface area contributed by atoms with Crippen molar-refractivity contribution in [3.05, 3.63) is 0 Å². The average Bonchev–Trinajstić information content (AvgIpc) is 2.62. The minimum atomic E-state index is -2.40. The molecule has 0 saturated heterocycles. The number of methoxy groups -OCH3 is 1. The molecular weight excluding hydrogens is 154 g/mol. The van der Waals surface area contributed by atoms with Gasteiger partial charge in [0.25, 0.3) is 0 Å². The van der Waals surface area contributed by atoms with Gasteiger partial charge in [-0.1, -0.05) is 0 Å². The van der Waals surface area contributed by atoms with Crippen LogP contribution in [0.1, 0.15) is 13.3 Å². The lowest BCUT2D eigenvalue weighted by Crippen LogP contribution is -2.18. The van der Waals surface area contributed by atoms with Crippen LogP contribution in [0.25, 0.3) is 0 Å². The largest absolute Gasteiger partial charge is 0.469 e. The molecular formula is C7H10F2O2. The van der Waals surface area contributed by atoms with E-state index >= 15 is 0 Å². The van der Waals surface area contributed by atoms with Crippen LogP contribution in [0.4, 0.5) is 8.78 Å². The summed E-state index contributed by atoms with van der Waals surface area (Å²) >= 11 is 0. The standard InChI is InChI=1S/C7H10F2O2/c1-7(6(10)11-2)3-4(7)5(8)9/h4-5H,3H2,1-2H3/t4-,7-/m0/s1. The minimum absolute atomic E-state index is 0.247. The molecule has 0 spiro atoms. The molecule has 1 fully saturated rings. The number of halogens is 2. The molecule has 0 aromatic carbocycles. The summed E-state index contributed by atoms with van der Waals surface area (Å²) in [7, 11) is 1.22. The van der Waals surface area contributed by atoms with E-state index in [-0.39, 0.29) is 6.42 Å². The van der Waals surface area contributed by atoms with Crippen LogP contribution in [0.2, 0.25) is 0 Å². The monoisotopic (exact) mass is 164 g/mol. The topological polar surface area (TPSA) is 26.3 Å². The lowest BCUT2D eigenvalue weighted by molar-refractivity contribution is -0.147. The summed E-state index contributed by atoms with van der Waals surface area (Å²) in [5.41, 5.74) is -0.914. The van der Waals surface area contributed by atoms with Crippen molar-refractivity contribution in [1.82, 2.24) is 0 Å². The second-order valence-electron chi connectivity index (χ2n) is 3.05. The summed E-state index contributed by atoms with van der Waals surface area (Å²) < 4.78 is 28.4. The Hall–Kier alpha value is -0.670. The Balaban J connectivity index is 2.55. The van der Waals surface area contributed by atoms with Crippen LogP contribution >= 0.6 is 0 Å². The summed E-state index contributed by atoms with van der Waals surface area (Å²) in [5.74, 6) is -1.32. The number of hydrogen-bond donors (Lipinski definition) is 0. The first kappa shape index (κ1) is 8.43. The van der Waals surface area contributed by atoms with E-state index in [9.17, 15) is 13.6 Å². The van der Waals surface area contributed by atoms with Crippen molar-refractivity contribution in [3.8, 4) is 0 Å². The summed E-state index contributed by atoms with van der Waals surface area (Å²) in [4.78, 5) is 10.9. The molecule has 0 radical (unpaired) electrons. The van der Waals surface area contributed by atoms with Gasteiger partial charge < -0.3 is 4.74 Å². The maximum Gasteiger partial charge on any atom is 0.312 e. The van der Waals surface area contributed by atoms with Crippen LogP contribution in [0.3, 0.4) is 0 Å². The third kappa shape index (κ3) is 1.21. The fraction of sp³-hybridized carbons (Fsp3) is 0.857. The maximum absolute atomic E-state index is 12.0. The van der Waals surface area contributed by atoms with Gasteiger partial charge >= 0.3 is 5.97 Å². The van der Waals surface area contributed by atoms with E-state index < -0.39 is 23.7 Å². The Labute approximate surface area is 63.5 Å². The van der Waals surface area contributed by atoms with Crippen LogP contribution in [-0.2, 0) is 9.53 Å². The molecule has 2 atom stereocenters. The van der Waals surface area contributed by atoms with Gasteiger partial charge in [0.15, 0.2) is 0 Å². The van der Waals surface area contributed by atoms with Crippen molar-refractivity contribution in [2.24, 2.45) is 11.3 Å². The smallest absolute Gasteiger partial charge is 0.312 e. The zero-order valence-electron chi connectivity index (χ0n) is 6.43. The molecule has 11 heavy (non-hydrogen) atoms. The van der Waals surface area contributed by atoms with Crippen LogP contribution < -0.4 is 0 Å². The summed E-state index contributed by atoms with van der Waals surface area (Å²) in [6.07, 6.45) is -2.16. The SMILES string of the molecule is COC(=O)[C@@]1(C)C[C@H]1C(F)F. The molecule has 0 amide bonds. The second-order valence-corrected chi connectivity index (χ2v) is 3.05. The van der Waals surface area contributed by atoms with Crippen LogP contribution in [0.15, 0.2) is 0 Å². The number of carbonyl (C=O) groups excluding carboxylic acids is 1. The molecule has 64 valence electrons. The average molecular weight is 164 g/mol. The fourth-order valence-corrected chi connectivity index (χ4v) is 1.23. The zero-order valence-corrected chi connectivity index (χ0v) is 6.43. The van der Waals surface area contributed by atoms with Crippen molar-refractivity contribution in [2.45, 2.75) is 19.8 Å². The Bertz CT molecular complexity index is 181. The van der Waals surface area contributed by atoms with Crippen molar-refractivity contribution >= 4 is 5.97 Å². The Morgan fingerprint density at radius 1 is 1.73 bits per heavy atom. The number of ether oxygens (including phenoxy) is 1. The summed E-state index contributed by atoms with van der Waals surface area (Å²) in [6.45, 7) is 1.51. The third-order valence-electron chi connectivity index (χ3n) is 2.26. The minimum Gasteiger partial charge on any atom is -0.469 e. The highest BCUT2D eigenvalue weighted by atomic mass is 19.3. The van der Waals surface area contributed by atoms with Gasteiger partial charge in [0.05, 0.1) is 12.5 Å². The van der Waals surface area contributed by atoms with Crippen molar-refractivity contribution in [3.63, 3.8) is 0 Å². The van der Waals surface area contributed by atoms with E-state index in [0.717, 1.165) is 0 Å². The van der Waals surface area contributed by atoms with E-state index in [4.69, 9.17) is 0 Å². The van der Waals surface area contributed by atoms with Gasteiger partial charge in [-0.3, -0.25) is 4.79 Å². The molecule has 0 heterocycles. The van der Waals surface area contributed by atoms with Gasteiger partial charge in [0.1, 0.15) is 0 Å². The molecule has 1 saturated carbocycles. The van der Waals surface area contributed by atoms with Crippen molar-refractivity contribution < 1.29 is 18.3 Å². The summed E-state index contributed by atoms with van der Waals surface area (Å²) in [5, 5.41) is 0. The Morgan fingerprint density at radius 3 is 2.55 bits per heavy atom. The highest BCUT2D eigenvalue weighted by molar-refractivity contribution is 5.80. The van der Waals surface area contributed by atoms with Crippen LogP contribution in [0, 0.1) is 11.3 Å². The fourth-order valence-electron chi connectivity index (χ4n) is 1.23. The molecule has 0 aliphatic heterocycles. The van der Waals surface area contributed by atoms with E-state index in [0.29, 0.717) is 0 Å². The molecule has 2 nitrogen and oxygen atoms in total. The lowest BCUT2D eigenvalue weighted by atomic mass is 10.1. The Kier molecular flexibility index (Phi) is 1.86. The molecule has 0 aromatic rings. The number of hydrogen-bond acceptors (Lipinski definition) is 2. The van der Waals surface area contributed by atoms with Gasteiger partial charge in [-0.15, -0.1) is 0 Å². The number of alkyl halides is 2. The molecule has 1 aliphatic rings. The first-order valence-electron chi connectivity index (χ1n) is 3.39. The number of carbonyl (C=O) groups is 1. The Morgan fingerprint density at radius 2 is 2.27 bits per heavy atom. The van der Waals surface area contributed by atoms with E-state index in [1.165, 1.54) is 14.0 Å². The van der Waals surface area contributed by atoms with Gasteiger partial charge in [0.2, 0.25) is 6.43 Å². The van der Waals surface area contributed by atoms with Crippen molar-refractivity contribution in [1.29, 1.82) is 0 Å². The first-order valence-corrected chi connectivity index (χ1v) is 3.39. The maximum atomic E-state index is 12.0. The summed E-state index contributed by atoms with van der Waals surface area (Å²) in [6, 6.07) is 0. The molecule has 0 N–H and O–H groups in total. The van der Waals surface area contributed by atoms with Crippen molar-refractivity contribution in [2.75, 3.05) is 7.11 Å². The normalized spacial score (nSPS) is 35.5. The van der Waals surface area contributed by atoms with E-state index in [2.05, 4.69) is 4.74 Å². The highest BCUT2D eigenvalue weighted by Gasteiger charge is 2.61. The third-order valence-corrected chi connectivity index (χ3v) is 2.26. The quantitative estimate of drug-likeness (QED) is 0.577. The van der Waals surface area contributed by atoms with E-state index in [1.54, 1.807) is 0 Å². The van der Waals surface area contributed by atoms with E-state index in [1.807, 2.05) is 0 Å². The lowest BCUT2D eigenvalue weighted by Gasteiger charge is -2.06. The highest BCUT2D eigenvalue weighted by Crippen LogP contribution is 2.55. The molecule has 0 aromatic heterocycles. The van der Waals surface area contributed by atoms with Crippen LogP contribution in [0.5, 0.6) is 0 Å². The van der Waals surface area contributed by atoms with Gasteiger partial charge in [0, 0.05) is 5.92 Å². The van der Waals surface area contributed by atoms with Crippen LogP contribution in [-0.4, -0.2) is 19.5 Å². The predicted molar refractivity (Wildman–Crippen MR) is 34.2 cm³/mol. The molecule has 1 rings (SSSR count). The zero-order chi connectivity index (χ0) is 8.65.